The highest BCUT2D eigenvalue weighted by atomic mass is 35.5. The number of nitrogens with one attached hydrogen (secondary N) is 1. The van der Waals surface area contributed by atoms with Gasteiger partial charge in [-0.15, -0.1) is 0 Å². The number of anilines is 1. The number of hydrogen-bond acceptors (Lipinski definition) is 2. The van der Waals surface area contributed by atoms with Crippen molar-refractivity contribution < 1.29 is 4.79 Å². The molecule has 0 atom stereocenters. The number of rotatable bonds is 5. The van der Waals surface area contributed by atoms with Crippen LogP contribution in [0.2, 0.25) is 5.02 Å². The predicted molar refractivity (Wildman–Crippen MR) is 109 cm³/mol. The Labute approximate surface area is 161 Å². The van der Waals surface area contributed by atoms with Gasteiger partial charge in [0.2, 0.25) is 5.91 Å². The summed E-state index contributed by atoms with van der Waals surface area (Å²) < 4.78 is 0. The number of halogens is 1. The Bertz CT molecular complexity index is 734. The molecule has 1 aliphatic heterocycles. The monoisotopic (exact) mass is 370 g/mol. The van der Waals surface area contributed by atoms with Crippen LogP contribution in [0, 0.1) is 5.92 Å². The van der Waals surface area contributed by atoms with Crippen LogP contribution >= 0.6 is 11.6 Å². The molecule has 1 aliphatic rings. The zero-order valence-electron chi connectivity index (χ0n) is 15.5. The number of carbonyl (C=O) groups is 1. The molecule has 3 nitrogen and oxygen atoms in total. The maximum atomic E-state index is 12.5. The number of benzene rings is 2. The highest BCUT2D eigenvalue weighted by Crippen LogP contribution is 2.23. The molecule has 2 aromatic carbocycles. The van der Waals surface area contributed by atoms with Gasteiger partial charge < -0.3 is 5.32 Å². The molecule has 0 unspecified atom stereocenters. The SMILES string of the molecule is CC(C)c1ccc(NC(=O)C2CCN(Cc3cccc(Cl)c3)CC2)cc1. The zero-order valence-corrected chi connectivity index (χ0v) is 16.3. The van der Waals surface area contributed by atoms with Gasteiger partial charge >= 0.3 is 0 Å². The number of likely N-dealkylation sites (tertiary alicyclic amines) is 1. The molecule has 138 valence electrons. The molecule has 0 aliphatic carbocycles. The molecule has 1 saturated heterocycles. The third-order valence-corrected chi connectivity index (χ3v) is 5.33. The van der Waals surface area contributed by atoms with Crippen LogP contribution in [0.25, 0.3) is 0 Å². The van der Waals surface area contributed by atoms with Crippen LogP contribution in [0.1, 0.15) is 43.7 Å². The van der Waals surface area contributed by atoms with Crippen LogP contribution in [-0.2, 0) is 11.3 Å². The van der Waals surface area contributed by atoms with Gasteiger partial charge in [0.25, 0.3) is 0 Å². The first-order valence-corrected chi connectivity index (χ1v) is 9.76. The molecule has 0 saturated carbocycles. The van der Waals surface area contributed by atoms with Crippen LogP contribution in [0.5, 0.6) is 0 Å². The van der Waals surface area contributed by atoms with Crippen molar-refractivity contribution in [1.82, 2.24) is 4.90 Å². The average molecular weight is 371 g/mol. The van der Waals surface area contributed by atoms with E-state index in [-0.39, 0.29) is 11.8 Å². The molecule has 1 N–H and O–H groups in total. The van der Waals surface area contributed by atoms with Gasteiger partial charge in [0, 0.05) is 23.2 Å². The summed E-state index contributed by atoms with van der Waals surface area (Å²) in [5.74, 6) is 0.740. The second-order valence-corrected chi connectivity index (χ2v) is 7.88. The van der Waals surface area contributed by atoms with Gasteiger partial charge in [0.1, 0.15) is 0 Å². The van der Waals surface area contributed by atoms with E-state index in [9.17, 15) is 4.79 Å². The Hall–Kier alpha value is -1.84. The van der Waals surface area contributed by atoms with Gasteiger partial charge in [0.15, 0.2) is 0 Å². The van der Waals surface area contributed by atoms with Crippen molar-refractivity contribution in [2.24, 2.45) is 5.92 Å². The lowest BCUT2D eigenvalue weighted by Gasteiger charge is -2.31. The fourth-order valence-corrected chi connectivity index (χ4v) is 3.66. The molecule has 1 amide bonds. The van der Waals surface area contributed by atoms with Crippen LogP contribution < -0.4 is 5.32 Å². The van der Waals surface area contributed by atoms with E-state index in [1.807, 2.05) is 30.3 Å². The van der Waals surface area contributed by atoms with Gasteiger partial charge in [-0.3, -0.25) is 9.69 Å². The van der Waals surface area contributed by atoms with Crippen LogP contribution in [-0.4, -0.2) is 23.9 Å². The van der Waals surface area contributed by atoms with E-state index in [1.165, 1.54) is 11.1 Å². The van der Waals surface area contributed by atoms with E-state index in [1.54, 1.807) is 0 Å². The number of piperidine rings is 1. The summed E-state index contributed by atoms with van der Waals surface area (Å²) >= 11 is 6.06. The van der Waals surface area contributed by atoms with Crippen molar-refractivity contribution in [3.8, 4) is 0 Å². The molecule has 26 heavy (non-hydrogen) atoms. The van der Waals surface area contributed by atoms with Crippen molar-refractivity contribution in [2.75, 3.05) is 18.4 Å². The normalized spacial score (nSPS) is 16.0. The zero-order chi connectivity index (χ0) is 18.5. The van der Waals surface area contributed by atoms with Gasteiger partial charge in [-0.2, -0.15) is 0 Å². The fourth-order valence-electron chi connectivity index (χ4n) is 3.44. The minimum atomic E-state index is 0.0930. The van der Waals surface area contributed by atoms with E-state index < -0.39 is 0 Å². The molecule has 0 bridgehead atoms. The van der Waals surface area contributed by atoms with Crippen molar-refractivity contribution in [3.05, 3.63) is 64.7 Å². The molecule has 0 aromatic heterocycles. The number of nitrogens with zero attached hydrogens (tertiary/aromatic N) is 1. The second kappa shape index (κ2) is 8.70. The molecule has 4 heteroatoms. The molecule has 0 radical (unpaired) electrons. The smallest absolute Gasteiger partial charge is 0.227 e. The summed E-state index contributed by atoms with van der Waals surface area (Å²) in [6.45, 7) is 7.12. The predicted octanol–water partition coefficient (Wildman–Crippen LogP) is 5.31. The first-order valence-electron chi connectivity index (χ1n) is 9.39. The topological polar surface area (TPSA) is 32.3 Å². The van der Waals surface area contributed by atoms with Gasteiger partial charge in [-0.05, 0) is 67.2 Å². The van der Waals surface area contributed by atoms with Crippen LogP contribution in [0.15, 0.2) is 48.5 Å². The maximum absolute atomic E-state index is 12.5. The van der Waals surface area contributed by atoms with E-state index >= 15 is 0 Å². The molecular formula is C22H27ClN2O. The first kappa shape index (κ1) is 18.9. The lowest BCUT2D eigenvalue weighted by molar-refractivity contribution is -0.121. The van der Waals surface area contributed by atoms with Gasteiger partial charge in [-0.1, -0.05) is 49.7 Å². The third kappa shape index (κ3) is 5.09. The van der Waals surface area contributed by atoms with Crippen LogP contribution in [0.4, 0.5) is 5.69 Å². The Morgan fingerprint density at radius 1 is 1.15 bits per heavy atom. The maximum Gasteiger partial charge on any atom is 0.227 e. The molecular weight excluding hydrogens is 344 g/mol. The molecule has 3 rings (SSSR count). The van der Waals surface area contributed by atoms with Crippen molar-refractivity contribution in [3.63, 3.8) is 0 Å². The Balaban J connectivity index is 1.48. The average Bonchev–Trinajstić information content (AvgIpc) is 2.63. The first-order chi connectivity index (χ1) is 12.5. The fraction of sp³-hybridized carbons (Fsp3) is 0.409. The minimum Gasteiger partial charge on any atom is -0.326 e. The lowest BCUT2D eigenvalue weighted by Crippen LogP contribution is -2.37. The molecule has 0 spiro atoms. The number of hydrogen-bond donors (Lipinski definition) is 1. The number of amides is 1. The Morgan fingerprint density at radius 2 is 1.85 bits per heavy atom. The summed E-state index contributed by atoms with van der Waals surface area (Å²) in [4.78, 5) is 14.9. The summed E-state index contributed by atoms with van der Waals surface area (Å²) in [6.07, 6.45) is 1.80. The quantitative estimate of drug-likeness (QED) is 0.773. The minimum absolute atomic E-state index is 0.0930. The highest BCUT2D eigenvalue weighted by Gasteiger charge is 2.25. The third-order valence-electron chi connectivity index (χ3n) is 5.10. The highest BCUT2D eigenvalue weighted by molar-refractivity contribution is 6.30. The summed E-state index contributed by atoms with van der Waals surface area (Å²) in [7, 11) is 0. The second-order valence-electron chi connectivity index (χ2n) is 7.45. The summed E-state index contributed by atoms with van der Waals surface area (Å²) in [6, 6.07) is 16.2. The Morgan fingerprint density at radius 3 is 2.46 bits per heavy atom. The lowest BCUT2D eigenvalue weighted by atomic mass is 9.95. The molecule has 2 aromatic rings. The van der Waals surface area contributed by atoms with E-state index in [4.69, 9.17) is 11.6 Å². The summed E-state index contributed by atoms with van der Waals surface area (Å²) in [5, 5.41) is 3.85. The van der Waals surface area contributed by atoms with Gasteiger partial charge in [0.05, 0.1) is 0 Å². The van der Waals surface area contributed by atoms with Crippen LogP contribution in [0.3, 0.4) is 0 Å². The van der Waals surface area contributed by atoms with E-state index in [0.717, 1.165) is 43.2 Å². The molecule has 1 fully saturated rings. The van der Waals surface area contributed by atoms with Crippen molar-refractivity contribution >= 4 is 23.2 Å². The van der Waals surface area contributed by atoms with Crippen molar-refractivity contribution in [1.29, 1.82) is 0 Å². The van der Waals surface area contributed by atoms with Crippen molar-refractivity contribution in [2.45, 2.75) is 39.2 Å². The largest absolute Gasteiger partial charge is 0.326 e. The van der Waals surface area contributed by atoms with Gasteiger partial charge in [-0.25, -0.2) is 0 Å². The molecule has 1 heterocycles. The van der Waals surface area contributed by atoms with E-state index in [2.05, 4.69) is 42.3 Å². The summed E-state index contributed by atoms with van der Waals surface area (Å²) in [5.41, 5.74) is 3.41. The standard InChI is InChI=1S/C22H27ClN2O/c1-16(2)18-6-8-21(9-7-18)24-22(26)19-10-12-25(13-11-19)15-17-4-3-5-20(23)14-17/h3-9,14,16,19H,10-13,15H2,1-2H3,(H,24,26). The number of carbonyl (C=O) groups excluding carboxylic acids is 1. The van der Waals surface area contributed by atoms with E-state index in [0.29, 0.717) is 5.92 Å². The Kier molecular flexibility index (Phi) is 6.33.